The first-order valence-corrected chi connectivity index (χ1v) is 12.3. The monoisotopic (exact) mass is 525 g/mol. The number of aliphatic hydroxyl groups is 1. The van der Waals surface area contributed by atoms with E-state index in [9.17, 15) is 44.3 Å². The molecule has 0 radical (unpaired) electrons. The SMILES string of the molecule is O=S(=O)(c1cccc(C2(O)CCC2)c1)C1(c2ccc(C(F)(C(F)(F)F)C(F)(F)F)cc2)CCNC1. The van der Waals surface area contributed by atoms with Crippen molar-refractivity contribution >= 4 is 9.84 Å². The van der Waals surface area contributed by atoms with Gasteiger partial charge in [0.15, 0.2) is 9.84 Å². The van der Waals surface area contributed by atoms with Gasteiger partial charge in [-0.3, -0.25) is 0 Å². The molecule has 1 atom stereocenters. The molecular formula is C23H22F7NO3S. The summed E-state index contributed by atoms with van der Waals surface area (Å²) in [6, 6.07) is 8.02. The van der Waals surface area contributed by atoms with Crippen molar-refractivity contribution in [1.82, 2.24) is 5.32 Å². The van der Waals surface area contributed by atoms with Crippen LogP contribution in [0.15, 0.2) is 53.4 Å². The topological polar surface area (TPSA) is 66.4 Å². The quantitative estimate of drug-likeness (QED) is 0.539. The molecule has 0 bridgehead atoms. The predicted molar refractivity (Wildman–Crippen MR) is 112 cm³/mol. The molecule has 4 rings (SSSR count). The first kappa shape index (κ1) is 25.9. The van der Waals surface area contributed by atoms with Crippen molar-refractivity contribution in [3.05, 3.63) is 65.2 Å². The Labute approximate surface area is 197 Å². The Morgan fingerprint density at radius 2 is 1.43 bits per heavy atom. The van der Waals surface area contributed by atoms with Crippen LogP contribution < -0.4 is 5.32 Å². The molecular weight excluding hydrogens is 503 g/mol. The average molecular weight is 525 g/mol. The Kier molecular flexibility index (Phi) is 6.05. The lowest BCUT2D eigenvalue weighted by Gasteiger charge is -2.37. The second-order valence-corrected chi connectivity index (χ2v) is 11.3. The van der Waals surface area contributed by atoms with Gasteiger partial charge in [-0.1, -0.05) is 36.4 Å². The molecule has 2 N–H and O–H groups in total. The van der Waals surface area contributed by atoms with Gasteiger partial charge in [0.1, 0.15) is 4.75 Å². The Bertz CT molecular complexity index is 1180. The van der Waals surface area contributed by atoms with Crippen molar-refractivity contribution in [3.8, 4) is 0 Å². The van der Waals surface area contributed by atoms with E-state index in [0.29, 0.717) is 30.5 Å². The highest BCUT2D eigenvalue weighted by atomic mass is 32.2. The van der Waals surface area contributed by atoms with Crippen LogP contribution in [0, 0.1) is 0 Å². The molecule has 192 valence electrons. The van der Waals surface area contributed by atoms with Crippen molar-refractivity contribution in [2.75, 3.05) is 13.1 Å². The van der Waals surface area contributed by atoms with Crippen LogP contribution in [-0.2, 0) is 25.9 Å². The number of rotatable bonds is 5. The second kappa shape index (κ2) is 8.17. The average Bonchev–Trinajstić information content (AvgIpc) is 3.27. The molecule has 2 aliphatic rings. The molecule has 4 nitrogen and oxygen atoms in total. The summed E-state index contributed by atoms with van der Waals surface area (Å²) in [6.45, 7) is 0.0746. The lowest BCUT2D eigenvalue weighted by molar-refractivity contribution is -0.348. The van der Waals surface area contributed by atoms with Crippen LogP contribution in [0.2, 0.25) is 0 Å². The summed E-state index contributed by atoms with van der Waals surface area (Å²) in [7, 11) is -4.24. The van der Waals surface area contributed by atoms with Gasteiger partial charge in [-0.25, -0.2) is 12.8 Å². The fraction of sp³-hybridized carbons (Fsp3) is 0.478. The predicted octanol–water partition coefficient (Wildman–Crippen LogP) is 5.01. The number of alkyl halides is 7. The zero-order valence-electron chi connectivity index (χ0n) is 18.2. The Morgan fingerprint density at radius 3 is 1.89 bits per heavy atom. The molecule has 0 spiro atoms. The van der Waals surface area contributed by atoms with Gasteiger partial charge in [0.25, 0.3) is 0 Å². The molecule has 0 amide bonds. The summed E-state index contributed by atoms with van der Waals surface area (Å²) in [6.07, 6.45) is -10.8. The van der Waals surface area contributed by atoms with Gasteiger partial charge >= 0.3 is 18.0 Å². The Morgan fingerprint density at radius 1 is 0.829 bits per heavy atom. The fourth-order valence-corrected chi connectivity index (χ4v) is 6.87. The number of hydrogen-bond donors (Lipinski definition) is 2. The van der Waals surface area contributed by atoms with Crippen LogP contribution in [0.3, 0.4) is 0 Å². The van der Waals surface area contributed by atoms with Gasteiger partial charge in [-0.05, 0) is 55.5 Å². The third-order valence-corrected chi connectivity index (χ3v) is 9.57. The van der Waals surface area contributed by atoms with E-state index < -0.39 is 43.8 Å². The van der Waals surface area contributed by atoms with Crippen molar-refractivity contribution in [3.63, 3.8) is 0 Å². The fourth-order valence-electron chi connectivity index (χ4n) is 4.77. The molecule has 1 saturated heterocycles. The molecule has 1 unspecified atom stereocenters. The van der Waals surface area contributed by atoms with Crippen molar-refractivity contribution < 1.29 is 44.3 Å². The van der Waals surface area contributed by atoms with Crippen molar-refractivity contribution in [2.45, 2.75) is 58.9 Å². The van der Waals surface area contributed by atoms with Crippen LogP contribution in [0.25, 0.3) is 0 Å². The molecule has 1 heterocycles. The Hall–Kier alpha value is -2.18. The van der Waals surface area contributed by atoms with Gasteiger partial charge in [0.05, 0.1) is 10.5 Å². The van der Waals surface area contributed by atoms with Gasteiger partial charge in [0.2, 0.25) is 0 Å². The van der Waals surface area contributed by atoms with Crippen molar-refractivity contribution in [1.29, 1.82) is 0 Å². The third kappa shape index (κ3) is 3.84. The number of benzene rings is 2. The number of nitrogens with one attached hydrogen (secondary N) is 1. The number of sulfone groups is 1. The lowest BCUT2D eigenvalue weighted by Crippen LogP contribution is -2.50. The van der Waals surface area contributed by atoms with Gasteiger partial charge in [0, 0.05) is 12.1 Å². The maximum absolute atomic E-state index is 14.4. The van der Waals surface area contributed by atoms with Crippen LogP contribution in [0.5, 0.6) is 0 Å². The summed E-state index contributed by atoms with van der Waals surface area (Å²) in [5, 5.41) is 13.5. The Balaban J connectivity index is 1.78. The van der Waals surface area contributed by atoms with E-state index in [1.165, 1.54) is 18.2 Å². The summed E-state index contributed by atoms with van der Waals surface area (Å²) >= 11 is 0. The number of hydrogen-bond acceptors (Lipinski definition) is 4. The number of halogens is 7. The molecule has 2 aromatic rings. The minimum absolute atomic E-state index is 0.0114. The summed E-state index contributed by atoms with van der Waals surface area (Å²) in [4.78, 5) is -0.131. The third-order valence-electron chi connectivity index (χ3n) is 7.08. The zero-order valence-corrected chi connectivity index (χ0v) is 19.0. The minimum atomic E-state index is -6.27. The summed E-state index contributed by atoms with van der Waals surface area (Å²) in [5.41, 5.74) is -8.09. The minimum Gasteiger partial charge on any atom is -0.385 e. The first-order valence-electron chi connectivity index (χ1n) is 10.8. The molecule has 1 aliphatic carbocycles. The highest BCUT2D eigenvalue weighted by molar-refractivity contribution is 7.92. The van der Waals surface area contributed by atoms with E-state index in [1.54, 1.807) is 6.07 Å². The normalized spacial score (nSPS) is 23.2. The lowest BCUT2D eigenvalue weighted by atomic mass is 9.75. The van der Waals surface area contributed by atoms with E-state index in [4.69, 9.17) is 0 Å². The summed E-state index contributed by atoms with van der Waals surface area (Å²) < 4.78 is 119. The molecule has 2 fully saturated rings. The van der Waals surface area contributed by atoms with Crippen LogP contribution in [0.1, 0.15) is 42.4 Å². The molecule has 0 aromatic heterocycles. The van der Waals surface area contributed by atoms with E-state index >= 15 is 0 Å². The van der Waals surface area contributed by atoms with E-state index in [1.807, 2.05) is 0 Å². The molecule has 35 heavy (non-hydrogen) atoms. The second-order valence-electron chi connectivity index (χ2n) is 9.07. The van der Waals surface area contributed by atoms with E-state index in [-0.39, 0.29) is 30.0 Å². The van der Waals surface area contributed by atoms with E-state index in [0.717, 1.165) is 18.6 Å². The summed E-state index contributed by atoms with van der Waals surface area (Å²) in [5.74, 6) is 0. The van der Waals surface area contributed by atoms with Crippen LogP contribution in [-0.4, -0.2) is 39.0 Å². The molecule has 1 saturated carbocycles. The highest BCUT2D eigenvalue weighted by Crippen LogP contribution is 2.53. The first-order chi connectivity index (χ1) is 16.1. The standard InChI is InChI=1S/C23H22F7NO3S/c24-21(22(25,26)27,23(28,29)30)16-7-5-15(6-8-16)20(11-12-31-14-20)35(33,34)18-4-1-3-17(13-18)19(32)9-2-10-19/h1,3-8,13,31-32H,2,9-12,14H2. The molecule has 1 aliphatic heterocycles. The molecule has 2 aromatic carbocycles. The smallest absolute Gasteiger partial charge is 0.385 e. The maximum atomic E-state index is 14.4. The van der Waals surface area contributed by atoms with E-state index in [2.05, 4.69) is 5.32 Å². The van der Waals surface area contributed by atoms with Gasteiger partial charge < -0.3 is 10.4 Å². The van der Waals surface area contributed by atoms with Gasteiger partial charge in [-0.2, -0.15) is 26.3 Å². The largest absolute Gasteiger partial charge is 0.435 e. The van der Waals surface area contributed by atoms with Crippen LogP contribution in [0.4, 0.5) is 30.7 Å². The highest BCUT2D eigenvalue weighted by Gasteiger charge is 2.73. The van der Waals surface area contributed by atoms with Crippen LogP contribution >= 0.6 is 0 Å². The molecule has 12 heteroatoms. The maximum Gasteiger partial charge on any atom is 0.435 e. The zero-order chi connectivity index (χ0) is 25.9. The van der Waals surface area contributed by atoms with Crippen molar-refractivity contribution in [2.24, 2.45) is 0 Å². The van der Waals surface area contributed by atoms with Gasteiger partial charge in [-0.15, -0.1) is 0 Å².